The van der Waals surface area contributed by atoms with Gasteiger partial charge in [0.2, 0.25) is 0 Å². The smallest absolute Gasteiger partial charge is 0.260 e. The summed E-state index contributed by atoms with van der Waals surface area (Å²) in [5.74, 6) is 1.22. The molecule has 0 spiro atoms. The number of alkyl halides is 1. The zero-order chi connectivity index (χ0) is 16.8. The van der Waals surface area contributed by atoms with Gasteiger partial charge in [0.15, 0.2) is 6.61 Å². The molecule has 1 heterocycles. The van der Waals surface area contributed by atoms with E-state index < -0.39 is 0 Å². The van der Waals surface area contributed by atoms with E-state index >= 15 is 0 Å². The van der Waals surface area contributed by atoms with Crippen LogP contribution in [0.2, 0.25) is 0 Å². The van der Waals surface area contributed by atoms with Gasteiger partial charge in [0.1, 0.15) is 11.6 Å². The molecule has 2 N–H and O–H groups in total. The van der Waals surface area contributed by atoms with Gasteiger partial charge in [-0.15, -0.1) is 11.6 Å². The van der Waals surface area contributed by atoms with E-state index in [2.05, 4.69) is 4.99 Å². The van der Waals surface area contributed by atoms with Crippen LogP contribution in [0.4, 0.5) is 5.69 Å². The molecule has 6 nitrogen and oxygen atoms in total. The Hall–Kier alpha value is -1.79. The third-order valence-corrected chi connectivity index (χ3v) is 3.83. The molecule has 0 aromatic heterocycles. The van der Waals surface area contributed by atoms with E-state index in [-0.39, 0.29) is 18.4 Å². The Balaban J connectivity index is 2.04. The Morgan fingerprint density at radius 1 is 1.35 bits per heavy atom. The molecule has 0 atom stereocenters. The minimum Gasteiger partial charge on any atom is -0.483 e. The van der Waals surface area contributed by atoms with Gasteiger partial charge in [0.25, 0.3) is 5.91 Å². The van der Waals surface area contributed by atoms with Gasteiger partial charge in [0, 0.05) is 13.1 Å². The lowest BCUT2D eigenvalue weighted by Crippen LogP contribution is -2.43. The number of nitrogens with zero attached hydrogens (tertiary/aromatic N) is 2. The molecule has 126 valence electrons. The van der Waals surface area contributed by atoms with Crippen LogP contribution in [0.15, 0.2) is 17.1 Å². The number of aliphatic imine (C=N–C) groups is 1. The van der Waals surface area contributed by atoms with Crippen molar-refractivity contribution in [2.45, 2.75) is 13.8 Å². The molecule has 0 unspecified atom stereocenters. The Bertz CT molecular complexity index is 575. The molecule has 0 radical (unpaired) electrons. The third-order valence-electron chi connectivity index (χ3n) is 3.56. The highest BCUT2D eigenvalue weighted by Gasteiger charge is 2.18. The first-order valence-electron chi connectivity index (χ1n) is 7.50. The highest BCUT2D eigenvalue weighted by Crippen LogP contribution is 2.28. The van der Waals surface area contributed by atoms with E-state index in [0.29, 0.717) is 37.9 Å². The van der Waals surface area contributed by atoms with Crippen molar-refractivity contribution in [3.8, 4) is 5.75 Å². The molecule has 1 aliphatic rings. The van der Waals surface area contributed by atoms with E-state index in [4.69, 9.17) is 26.8 Å². The average Bonchev–Trinajstić information content (AvgIpc) is 2.54. The summed E-state index contributed by atoms with van der Waals surface area (Å²) in [5.41, 5.74) is 8.18. The van der Waals surface area contributed by atoms with Crippen molar-refractivity contribution in [1.82, 2.24) is 4.90 Å². The molecule has 0 bridgehead atoms. The number of amides is 1. The van der Waals surface area contributed by atoms with Gasteiger partial charge in [-0.25, -0.2) is 4.99 Å². The molecule has 1 aromatic carbocycles. The highest BCUT2D eigenvalue weighted by molar-refractivity contribution is 6.28. The summed E-state index contributed by atoms with van der Waals surface area (Å²) in [7, 11) is 0. The molecule has 2 rings (SSSR count). The number of hydrogen-bond donors (Lipinski definition) is 1. The standard InChI is InChI=1S/C16H22ClN3O3/c1-11-7-13(19-14(18)9-17)8-12(2)16(11)23-10-15(21)20-3-5-22-6-4-20/h7-8H,3-6,9-10H2,1-2H3,(H2,18,19). The van der Waals surface area contributed by atoms with Crippen LogP contribution in [0, 0.1) is 13.8 Å². The van der Waals surface area contributed by atoms with Crippen molar-refractivity contribution >= 4 is 29.0 Å². The first-order chi connectivity index (χ1) is 11.0. The fraction of sp³-hybridized carbons (Fsp3) is 0.500. The number of carbonyl (C=O) groups excluding carboxylic acids is 1. The summed E-state index contributed by atoms with van der Waals surface area (Å²) in [6.45, 7) is 6.25. The highest BCUT2D eigenvalue weighted by atomic mass is 35.5. The van der Waals surface area contributed by atoms with Crippen molar-refractivity contribution in [3.63, 3.8) is 0 Å². The number of hydrogen-bond acceptors (Lipinski definition) is 4. The average molecular weight is 340 g/mol. The lowest BCUT2D eigenvalue weighted by Gasteiger charge is -2.27. The fourth-order valence-electron chi connectivity index (χ4n) is 2.45. The van der Waals surface area contributed by atoms with Gasteiger partial charge < -0.3 is 20.1 Å². The predicted octanol–water partition coefficient (Wildman–Crippen LogP) is 1.77. The first kappa shape index (κ1) is 17.6. The molecule has 23 heavy (non-hydrogen) atoms. The normalized spacial score (nSPS) is 15.6. The van der Waals surface area contributed by atoms with Gasteiger partial charge in [-0.05, 0) is 37.1 Å². The number of benzene rings is 1. The van der Waals surface area contributed by atoms with Crippen molar-refractivity contribution in [3.05, 3.63) is 23.3 Å². The Morgan fingerprint density at radius 2 is 1.96 bits per heavy atom. The van der Waals surface area contributed by atoms with Crippen LogP contribution in [0.25, 0.3) is 0 Å². The molecule has 1 fully saturated rings. The molecular weight excluding hydrogens is 318 g/mol. The van der Waals surface area contributed by atoms with E-state index in [0.717, 1.165) is 16.8 Å². The summed E-state index contributed by atoms with van der Waals surface area (Å²) in [6, 6.07) is 3.72. The zero-order valence-corrected chi connectivity index (χ0v) is 14.2. The SMILES string of the molecule is Cc1cc(N=C(N)CCl)cc(C)c1OCC(=O)N1CCOCC1. The Morgan fingerprint density at radius 3 is 2.52 bits per heavy atom. The zero-order valence-electron chi connectivity index (χ0n) is 13.5. The van der Waals surface area contributed by atoms with Gasteiger partial charge in [0.05, 0.1) is 24.8 Å². The van der Waals surface area contributed by atoms with Crippen LogP contribution >= 0.6 is 11.6 Å². The number of morpholine rings is 1. The minimum absolute atomic E-state index is 0.0219. The molecule has 0 aliphatic carbocycles. The van der Waals surface area contributed by atoms with Gasteiger partial charge in [-0.1, -0.05) is 0 Å². The molecule has 7 heteroatoms. The van der Waals surface area contributed by atoms with Gasteiger partial charge in [-0.3, -0.25) is 4.79 Å². The van der Waals surface area contributed by atoms with Crippen molar-refractivity contribution < 1.29 is 14.3 Å². The van der Waals surface area contributed by atoms with E-state index in [1.807, 2.05) is 26.0 Å². The second-order valence-corrected chi connectivity index (χ2v) is 5.69. The van der Waals surface area contributed by atoms with Crippen LogP contribution in [-0.2, 0) is 9.53 Å². The number of ether oxygens (including phenoxy) is 2. The van der Waals surface area contributed by atoms with Crippen molar-refractivity contribution in [2.75, 3.05) is 38.8 Å². The van der Waals surface area contributed by atoms with Crippen LogP contribution in [0.5, 0.6) is 5.75 Å². The van der Waals surface area contributed by atoms with Crippen LogP contribution in [0.3, 0.4) is 0 Å². The quantitative estimate of drug-likeness (QED) is 0.504. The summed E-state index contributed by atoms with van der Waals surface area (Å²) >= 11 is 5.64. The van der Waals surface area contributed by atoms with Crippen LogP contribution in [-0.4, -0.2) is 55.4 Å². The lowest BCUT2D eigenvalue weighted by molar-refractivity contribution is -0.137. The summed E-state index contributed by atoms with van der Waals surface area (Å²) in [6.07, 6.45) is 0. The number of aryl methyl sites for hydroxylation is 2. The summed E-state index contributed by atoms with van der Waals surface area (Å²) in [4.78, 5) is 18.1. The number of nitrogens with two attached hydrogens (primary N) is 1. The second kappa shape index (κ2) is 8.17. The second-order valence-electron chi connectivity index (χ2n) is 5.43. The van der Waals surface area contributed by atoms with Gasteiger partial charge >= 0.3 is 0 Å². The van der Waals surface area contributed by atoms with Gasteiger partial charge in [-0.2, -0.15) is 0 Å². The number of amidine groups is 1. The third kappa shape index (κ3) is 4.84. The Kier molecular flexibility index (Phi) is 6.24. The molecule has 1 saturated heterocycles. The van der Waals surface area contributed by atoms with E-state index in [1.165, 1.54) is 0 Å². The Labute approximate surface area is 141 Å². The van der Waals surface area contributed by atoms with Crippen LogP contribution in [0.1, 0.15) is 11.1 Å². The van der Waals surface area contributed by atoms with E-state index in [1.54, 1.807) is 4.90 Å². The molecule has 1 aliphatic heterocycles. The van der Waals surface area contributed by atoms with E-state index in [9.17, 15) is 4.79 Å². The summed E-state index contributed by atoms with van der Waals surface area (Å²) in [5, 5.41) is 0. The minimum atomic E-state index is -0.0272. The number of halogens is 1. The number of rotatable bonds is 5. The predicted molar refractivity (Wildman–Crippen MR) is 90.8 cm³/mol. The number of carbonyl (C=O) groups is 1. The molecule has 1 amide bonds. The first-order valence-corrected chi connectivity index (χ1v) is 8.03. The topological polar surface area (TPSA) is 77.2 Å². The molecular formula is C16H22ClN3O3. The van der Waals surface area contributed by atoms with Crippen molar-refractivity contribution in [2.24, 2.45) is 10.7 Å². The largest absolute Gasteiger partial charge is 0.483 e. The fourth-order valence-corrected chi connectivity index (χ4v) is 2.51. The maximum Gasteiger partial charge on any atom is 0.260 e. The van der Waals surface area contributed by atoms with Crippen molar-refractivity contribution in [1.29, 1.82) is 0 Å². The molecule has 0 saturated carbocycles. The maximum atomic E-state index is 12.1. The van der Waals surface area contributed by atoms with Crippen LogP contribution < -0.4 is 10.5 Å². The lowest BCUT2D eigenvalue weighted by atomic mass is 10.1. The monoisotopic (exact) mass is 339 g/mol. The molecule has 1 aromatic rings. The summed E-state index contributed by atoms with van der Waals surface area (Å²) < 4.78 is 11.0. The maximum absolute atomic E-state index is 12.1.